The fourth-order valence-electron chi connectivity index (χ4n) is 1.82. The van der Waals surface area contributed by atoms with E-state index in [1.54, 1.807) is 10.9 Å². The summed E-state index contributed by atoms with van der Waals surface area (Å²) < 4.78 is 1.65. The van der Waals surface area contributed by atoms with Gasteiger partial charge in [-0.25, -0.2) is 4.79 Å². The molecule has 17 heavy (non-hydrogen) atoms. The van der Waals surface area contributed by atoms with Crippen LogP contribution in [-0.2, 0) is 6.54 Å². The highest BCUT2D eigenvalue weighted by molar-refractivity contribution is 5.85. The Morgan fingerprint density at radius 2 is 1.94 bits per heavy atom. The van der Waals surface area contributed by atoms with Gasteiger partial charge in [0.05, 0.1) is 6.54 Å². The molecule has 2 aromatic rings. The molecule has 1 aromatic heterocycles. The molecular formula is C13H14N2O2. The maximum absolute atomic E-state index is 10.7. The normalized spacial score (nSPS) is 10.5. The van der Waals surface area contributed by atoms with Gasteiger partial charge in [0.15, 0.2) is 5.69 Å². The van der Waals surface area contributed by atoms with Crippen LogP contribution in [0.5, 0.6) is 0 Å². The Morgan fingerprint density at radius 3 is 2.47 bits per heavy atom. The largest absolute Gasteiger partial charge is 0.476 e. The van der Waals surface area contributed by atoms with Gasteiger partial charge < -0.3 is 5.11 Å². The van der Waals surface area contributed by atoms with Crippen molar-refractivity contribution in [3.8, 4) is 0 Å². The van der Waals surface area contributed by atoms with Gasteiger partial charge in [-0.3, -0.25) is 4.68 Å². The van der Waals surface area contributed by atoms with Gasteiger partial charge in [-0.2, -0.15) is 5.10 Å². The third-order valence-electron chi connectivity index (χ3n) is 2.82. The summed E-state index contributed by atoms with van der Waals surface area (Å²) >= 11 is 0. The lowest BCUT2D eigenvalue weighted by Crippen LogP contribution is -2.06. The van der Waals surface area contributed by atoms with E-state index in [9.17, 15) is 4.79 Å². The molecule has 0 unspecified atom stereocenters. The molecule has 0 spiro atoms. The molecule has 0 fully saturated rings. The molecule has 0 atom stereocenters. The average Bonchev–Trinajstić information content (AvgIpc) is 2.72. The van der Waals surface area contributed by atoms with Crippen LogP contribution in [0.15, 0.2) is 30.5 Å². The average molecular weight is 230 g/mol. The number of aromatic nitrogens is 2. The minimum atomic E-state index is -0.995. The van der Waals surface area contributed by atoms with Gasteiger partial charge in [0.1, 0.15) is 0 Å². The maximum atomic E-state index is 10.7. The van der Waals surface area contributed by atoms with Crippen LogP contribution in [0.4, 0.5) is 0 Å². The zero-order valence-electron chi connectivity index (χ0n) is 9.84. The fraction of sp³-hybridized carbons (Fsp3) is 0.231. The fourth-order valence-corrected chi connectivity index (χ4v) is 1.82. The first-order chi connectivity index (χ1) is 8.08. The van der Waals surface area contributed by atoms with Crippen molar-refractivity contribution in [1.82, 2.24) is 9.78 Å². The molecule has 4 nitrogen and oxygen atoms in total. The van der Waals surface area contributed by atoms with E-state index in [4.69, 9.17) is 5.11 Å². The Labute approximate surface area is 99.5 Å². The number of hydrogen-bond donors (Lipinski definition) is 1. The molecule has 2 rings (SSSR count). The molecule has 0 aliphatic carbocycles. The minimum Gasteiger partial charge on any atom is -0.476 e. The minimum absolute atomic E-state index is 0.0798. The second kappa shape index (κ2) is 4.41. The van der Waals surface area contributed by atoms with Gasteiger partial charge in [0, 0.05) is 6.20 Å². The summed E-state index contributed by atoms with van der Waals surface area (Å²) in [7, 11) is 0. The number of aryl methyl sites for hydroxylation is 2. The summed E-state index contributed by atoms with van der Waals surface area (Å²) in [5.41, 5.74) is 3.65. The van der Waals surface area contributed by atoms with Crippen LogP contribution in [0.25, 0.3) is 0 Å². The standard InChI is InChI=1S/C13H14N2O2/c1-9-4-3-5-10(2)11(9)8-15-7-6-12(14-15)13(16)17/h3-7H,8H2,1-2H3,(H,16,17). The van der Waals surface area contributed by atoms with Crippen molar-refractivity contribution in [3.63, 3.8) is 0 Å². The zero-order chi connectivity index (χ0) is 12.4. The van der Waals surface area contributed by atoms with Crippen molar-refractivity contribution in [2.75, 3.05) is 0 Å². The number of carboxylic acid groups (broad SMARTS) is 1. The third-order valence-corrected chi connectivity index (χ3v) is 2.82. The van der Waals surface area contributed by atoms with Crippen molar-refractivity contribution in [1.29, 1.82) is 0 Å². The molecule has 4 heteroatoms. The summed E-state index contributed by atoms with van der Waals surface area (Å²) in [4.78, 5) is 10.7. The first-order valence-electron chi connectivity index (χ1n) is 5.40. The van der Waals surface area contributed by atoms with Crippen LogP contribution in [0, 0.1) is 13.8 Å². The van der Waals surface area contributed by atoms with E-state index in [-0.39, 0.29) is 5.69 Å². The number of hydrogen-bond acceptors (Lipinski definition) is 2. The lowest BCUT2D eigenvalue weighted by molar-refractivity contribution is 0.0689. The van der Waals surface area contributed by atoms with Crippen molar-refractivity contribution >= 4 is 5.97 Å². The predicted octanol–water partition coefficient (Wildman–Crippen LogP) is 2.25. The predicted molar refractivity (Wildman–Crippen MR) is 64.2 cm³/mol. The molecule has 0 bridgehead atoms. The Balaban J connectivity index is 2.28. The van der Waals surface area contributed by atoms with E-state index in [1.807, 2.05) is 32.0 Å². The van der Waals surface area contributed by atoms with Crippen molar-refractivity contribution in [2.24, 2.45) is 0 Å². The van der Waals surface area contributed by atoms with Gasteiger partial charge in [-0.1, -0.05) is 18.2 Å². The number of rotatable bonds is 3. The van der Waals surface area contributed by atoms with Gasteiger partial charge in [0.2, 0.25) is 0 Å². The number of nitrogens with zero attached hydrogens (tertiary/aromatic N) is 2. The van der Waals surface area contributed by atoms with Crippen LogP contribution in [0.1, 0.15) is 27.2 Å². The van der Waals surface area contributed by atoms with Crippen LogP contribution in [0.3, 0.4) is 0 Å². The lowest BCUT2D eigenvalue weighted by atomic mass is 10.0. The van der Waals surface area contributed by atoms with E-state index >= 15 is 0 Å². The van der Waals surface area contributed by atoms with E-state index in [2.05, 4.69) is 5.10 Å². The van der Waals surface area contributed by atoms with Gasteiger partial charge >= 0.3 is 5.97 Å². The first kappa shape index (κ1) is 11.4. The Hall–Kier alpha value is -2.10. The summed E-state index contributed by atoms with van der Waals surface area (Å²) in [6, 6.07) is 7.61. The summed E-state index contributed by atoms with van der Waals surface area (Å²) in [6.45, 7) is 4.69. The monoisotopic (exact) mass is 230 g/mol. The molecule has 88 valence electrons. The van der Waals surface area contributed by atoms with E-state index in [0.717, 1.165) is 0 Å². The molecule has 1 aromatic carbocycles. The number of benzene rings is 1. The SMILES string of the molecule is Cc1cccc(C)c1Cn1ccc(C(=O)O)n1. The van der Waals surface area contributed by atoms with E-state index in [0.29, 0.717) is 6.54 Å². The number of aromatic carboxylic acids is 1. The first-order valence-corrected chi connectivity index (χ1v) is 5.40. The van der Waals surface area contributed by atoms with Crippen LogP contribution >= 0.6 is 0 Å². The second-order valence-electron chi connectivity index (χ2n) is 4.07. The van der Waals surface area contributed by atoms with E-state index < -0.39 is 5.97 Å². The maximum Gasteiger partial charge on any atom is 0.356 e. The molecule has 1 heterocycles. The molecule has 0 saturated carbocycles. The summed E-state index contributed by atoms with van der Waals surface area (Å²) in [6.07, 6.45) is 1.69. The number of carboxylic acids is 1. The molecule has 0 aliphatic heterocycles. The molecule has 0 amide bonds. The van der Waals surface area contributed by atoms with Crippen LogP contribution in [-0.4, -0.2) is 20.9 Å². The van der Waals surface area contributed by atoms with Crippen molar-refractivity contribution in [3.05, 3.63) is 52.8 Å². The van der Waals surface area contributed by atoms with Crippen molar-refractivity contribution in [2.45, 2.75) is 20.4 Å². The lowest BCUT2D eigenvalue weighted by Gasteiger charge is -2.09. The third kappa shape index (κ3) is 2.36. The van der Waals surface area contributed by atoms with Gasteiger partial charge in [0.25, 0.3) is 0 Å². The topological polar surface area (TPSA) is 55.1 Å². The molecular weight excluding hydrogens is 216 g/mol. The van der Waals surface area contributed by atoms with Gasteiger partial charge in [-0.05, 0) is 36.6 Å². The highest BCUT2D eigenvalue weighted by atomic mass is 16.4. The smallest absolute Gasteiger partial charge is 0.356 e. The number of carbonyl (C=O) groups is 1. The van der Waals surface area contributed by atoms with Crippen LogP contribution in [0.2, 0.25) is 0 Å². The van der Waals surface area contributed by atoms with E-state index in [1.165, 1.54) is 22.8 Å². The molecule has 0 saturated heterocycles. The Morgan fingerprint density at radius 1 is 1.29 bits per heavy atom. The van der Waals surface area contributed by atoms with Crippen molar-refractivity contribution < 1.29 is 9.90 Å². The highest BCUT2D eigenvalue weighted by Gasteiger charge is 2.08. The Bertz CT molecular complexity index is 538. The van der Waals surface area contributed by atoms with Gasteiger partial charge in [-0.15, -0.1) is 0 Å². The van der Waals surface area contributed by atoms with Crippen LogP contribution < -0.4 is 0 Å². The molecule has 1 N–H and O–H groups in total. The molecule has 0 radical (unpaired) electrons. The Kier molecular flexibility index (Phi) is 2.95. The highest BCUT2D eigenvalue weighted by Crippen LogP contribution is 2.14. The molecule has 0 aliphatic rings. The quantitative estimate of drug-likeness (QED) is 0.879. The summed E-state index contributed by atoms with van der Waals surface area (Å²) in [5.74, 6) is -0.995. The zero-order valence-corrected chi connectivity index (χ0v) is 9.84. The second-order valence-corrected chi connectivity index (χ2v) is 4.07. The summed E-state index contributed by atoms with van der Waals surface area (Å²) in [5, 5.41) is 12.8.